The van der Waals surface area contributed by atoms with Crippen molar-refractivity contribution >= 4 is 11.7 Å². The third kappa shape index (κ3) is 4.79. The fraction of sp³-hybridized carbons (Fsp3) is 0.500. The van der Waals surface area contributed by atoms with E-state index in [2.05, 4.69) is 0 Å². The molecule has 0 radical (unpaired) electrons. The van der Waals surface area contributed by atoms with E-state index in [1.54, 1.807) is 0 Å². The number of carbonyl (C=O) groups excluding carboxylic acids is 2. The highest BCUT2D eigenvalue weighted by molar-refractivity contribution is 5.98. The number of halogens is 3. The molecule has 2 rings (SSSR count). The van der Waals surface area contributed by atoms with Crippen LogP contribution in [0.2, 0.25) is 0 Å². The van der Waals surface area contributed by atoms with Gasteiger partial charge >= 0.3 is 6.18 Å². The Morgan fingerprint density at radius 2 is 1.87 bits per heavy atom. The molecule has 23 heavy (non-hydrogen) atoms. The van der Waals surface area contributed by atoms with Gasteiger partial charge in [0.1, 0.15) is 0 Å². The number of hydrogen-bond acceptors (Lipinski definition) is 3. The average molecular weight is 328 g/mol. The Hall–Kier alpha value is -1.89. The maximum atomic E-state index is 12.5. The zero-order chi connectivity index (χ0) is 17.0. The summed E-state index contributed by atoms with van der Waals surface area (Å²) < 4.78 is 37.6. The lowest BCUT2D eigenvalue weighted by Crippen LogP contribution is -2.40. The van der Waals surface area contributed by atoms with Crippen LogP contribution in [0.25, 0.3) is 0 Å². The first-order valence-electron chi connectivity index (χ1n) is 7.49. The number of nitrogens with two attached hydrogens (primary N) is 1. The van der Waals surface area contributed by atoms with Crippen LogP contribution in [0, 0.1) is 5.92 Å². The highest BCUT2D eigenvalue weighted by Gasteiger charge is 2.31. The number of carbonyl (C=O) groups is 2. The molecular weight excluding hydrogens is 309 g/mol. The molecule has 126 valence electrons. The number of piperidine rings is 1. The quantitative estimate of drug-likeness (QED) is 0.845. The largest absolute Gasteiger partial charge is 0.416 e. The molecule has 7 heteroatoms. The average Bonchev–Trinajstić information content (AvgIpc) is 2.52. The Kier molecular flexibility index (Phi) is 5.41. The molecule has 0 saturated carbocycles. The summed E-state index contributed by atoms with van der Waals surface area (Å²) in [6, 6.07) is 4.32. The van der Waals surface area contributed by atoms with Gasteiger partial charge in [0.2, 0.25) is 5.91 Å². The van der Waals surface area contributed by atoms with E-state index in [1.165, 1.54) is 12.1 Å². The molecule has 1 aliphatic heterocycles. The van der Waals surface area contributed by atoms with Crippen molar-refractivity contribution in [2.24, 2.45) is 11.7 Å². The molecule has 1 amide bonds. The fourth-order valence-electron chi connectivity index (χ4n) is 2.80. The molecule has 0 bridgehead atoms. The number of hydrogen-bond donors (Lipinski definition) is 1. The molecule has 0 aliphatic carbocycles. The summed E-state index contributed by atoms with van der Waals surface area (Å²) in [5.41, 5.74) is 4.65. The van der Waals surface area contributed by atoms with Gasteiger partial charge in [-0.3, -0.25) is 9.59 Å². The normalized spacial score (nSPS) is 19.5. The second kappa shape index (κ2) is 7.12. The van der Waals surface area contributed by atoms with Gasteiger partial charge in [0, 0.05) is 31.0 Å². The van der Waals surface area contributed by atoms with Crippen LogP contribution >= 0.6 is 0 Å². The number of benzene rings is 1. The van der Waals surface area contributed by atoms with Gasteiger partial charge in [-0.15, -0.1) is 0 Å². The van der Waals surface area contributed by atoms with Crippen molar-refractivity contribution in [2.75, 3.05) is 19.6 Å². The number of likely N-dealkylation sites (tertiary alicyclic amines) is 1. The minimum atomic E-state index is -4.40. The van der Waals surface area contributed by atoms with E-state index in [1.807, 2.05) is 4.90 Å². The zero-order valence-electron chi connectivity index (χ0n) is 12.6. The molecule has 1 atom stereocenters. The van der Waals surface area contributed by atoms with Gasteiger partial charge in [-0.2, -0.15) is 13.2 Å². The Morgan fingerprint density at radius 3 is 2.43 bits per heavy atom. The van der Waals surface area contributed by atoms with Crippen LogP contribution in [0.15, 0.2) is 24.3 Å². The molecule has 1 aromatic rings. The summed E-state index contributed by atoms with van der Waals surface area (Å²) >= 11 is 0. The number of amides is 1. The minimum absolute atomic E-state index is 0.150. The standard InChI is InChI=1S/C16H19F3N2O2/c17-16(18,19)13-5-3-11(4-6-13)15(23)12-2-1-8-21(10-12)9-7-14(20)22/h3-6,12H,1-2,7-10H2,(H2,20,22). The molecule has 1 aliphatic rings. The van der Waals surface area contributed by atoms with Crippen molar-refractivity contribution in [2.45, 2.75) is 25.4 Å². The fourth-order valence-corrected chi connectivity index (χ4v) is 2.80. The van der Waals surface area contributed by atoms with Crippen molar-refractivity contribution in [1.82, 2.24) is 4.90 Å². The SMILES string of the molecule is NC(=O)CCN1CCCC(C(=O)c2ccc(C(F)(F)F)cc2)C1. The van der Waals surface area contributed by atoms with E-state index in [4.69, 9.17) is 5.73 Å². The molecule has 1 unspecified atom stereocenters. The minimum Gasteiger partial charge on any atom is -0.370 e. The zero-order valence-corrected chi connectivity index (χ0v) is 12.6. The number of nitrogens with zero attached hydrogens (tertiary/aromatic N) is 1. The Labute approximate surface area is 132 Å². The summed E-state index contributed by atoms with van der Waals surface area (Å²) in [4.78, 5) is 25.3. The van der Waals surface area contributed by atoms with Gasteiger partial charge < -0.3 is 10.6 Å². The second-order valence-electron chi connectivity index (χ2n) is 5.80. The molecule has 1 fully saturated rings. The van der Waals surface area contributed by atoms with Crippen molar-refractivity contribution in [1.29, 1.82) is 0 Å². The van der Waals surface area contributed by atoms with E-state index in [9.17, 15) is 22.8 Å². The van der Waals surface area contributed by atoms with Gasteiger partial charge in [0.15, 0.2) is 5.78 Å². The molecule has 0 spiro atoms. The van der Waals surface area contributed by atoms with Crippen LogP contribution in [0.1, 0.15) is 35.2 Å². The first-order chi connectivity index (χ1) is 10.8. The van der Waals surface area contributed by atoms with Crippen molar-refractivity contribution in [3.63, 3.8) is 0 Å². The summed E-state index contributed by atoms with van der Waals surface area (Å²) in [5, 5.41) is 0. The van der Waals surface area contributed by atoms with Crippen LogP contribution in [-0.2, 0) is 11.0 Å². The predicted molar refractivity (Wildman–Crippen MR) is 78.7 cm³/mol. The molecule has 4 nitrogen and oxygen atoms in total. The van der Waals surface area contributed by atoms with Gasteiger partial charge in [-0.25, -0.2) is 0 Å². The van der Waals surface area contributed by atoms with Gasteiger partial charge in [-0.05, 0) is 31.5 Å². The molecule has 1 saturated heterocycles. The Balaban J connectivity index is 2.00. The van der Waals surface area contributed by atoms with Gasteiger partial charge in [0.25, 0.3) is 0 Å². The lowest BCUT2D eigenvalue weighted by molar-refractivity contribution is -0.137. The van der Waals surface area contributed by atoms with Crippen LogP contribution in [0.4, 0.5) is 13.2 Å². The maximum absolute atomic E-state index is 12.5. The van der Waals surface area contributed by atoms with Gasteiger partial charge in [0.05, 0.1) is 5.56 Å². The van der Waals surface area contributed by atoms with Crippen LogP contribution in [0.3, 0.4) is 0 Å². The lowest BCUT2D eigenvalue weighted by Gasteiger charge is -2.31. The van der Waals surface area contributed by atoms with E-state index >= 15 is 0 Å². The predicted octanol–water partition coefficient (Wildman–Crippen LogP) is 2.48. The van der Waals surface area contributed by atoms with E-state index in [-0.39, 0.29) is 24.0 Å². The molecule has 1 aromatic carbocycles. The Morgan fingerprint density at radius 1 is 1.22 bits per heavy atom. The highest BCUT2D eigenvalue weighted by atomic mass is 19.4. The second-order valence-corrected chi connectivity index (χ2v) is 5.80. The topological polar surface area (TPSA) is 63.4 Å². The number of rotatable bonds is 5. The van der Waals surface area contributed by atoms with E-state index in [0.29, 0.717) is 25.1 Å². The molecule has 2 N–H and O–H groups in total. The van der Waals surface area contributed by atoms with Crippen molar-refractivity contribution < 1.29 is 22.8 Å². The highest BCUT2D eigenvalue weighted by Crippen LogP contribution is 2.30. The Bertz CT molecular complexity index is 570. The third-order valence-electron chi connectivity index (χ3n) is 4.05. The number of Topliss-reactive ketones (excluding diaryl/α,β-unsaturated/α-hetero) is 1. The lowest BCUT2D eigenvalue weighted by atomic mass is 9.89. The van der Waals surface area contributed by atoms with Gasteiger partial charge in [-0.1, -0.05) is 12.1 Å². The van der Waals surface area contributed by atoms with E-state index < -0.39 is 11.7 Å². The molecule has 0 aromatic heterocycles. The number of primary amides is 1. The summed E-state index contributed by atoms with van der Waals surface area (Å²) in [6.45, 7) is 1.81. The maximum Gasteiger partial charge on any atom is 0.416 e. The number of alkyl halides is 3. The van der Waals surface area contributed by atoms with Crippen LogP contribution in [-0.4, -0.2) is 36.2 Å². The summed E-state index contributed by atoms with van der Waals surface area (Å²) in [6.07, 6.45) is -2.65. The van der Waals surface area contributed by atoms with E-state index in [0.717, 1.165) is 25.1 Å². The third-order valence-corrected chi connectivity index (χ3v) is 4.05. The van der Waals surface area contributed by atoms with Crippen molar-refractivity contribution in [3.8, 4) is 0 Å². The smallest absolute Gasteiger partial charge is 0.370 e. The first kappa shape index (κ1) is 17.5. The van der Waals surface area contributed by atoms with Crippen LogP contribution < -0.4 is 5.73 Å². The van der Waals surface area contributed by atoms with Crippen LogP contribution in [0.5, 0.6) is 0 Å². The summed E-state index contributed by atoms with van der Waals surface area (Å²) in [5.74, 6) is -0.794. The number of ketones is 1. The molecular formula is C16H19F3N2O2. The first-order valence-corrected chi connectivity index (χ1v) is 7.49. The summed E-state index contributed by atoms with van der Waals surface area (Å²) in [7, 11) is 0. The molecule has 1 heterocycles. The monoisotopic (exact) mass is 328 g/mol. The van der Waals surface area contributed by atoms with Crippen molar-refractivity contribution in [3.05, 3.63) is 35.4 Å².